The molecule has 2 aromatic carbocycles. The Hall–Kier alpha value is -3.02. The number of benzene rings is 2. The number of alkyl carbamates (subject to hydrolysis) is 1. The van der Waals surface area contributed by atoms with Crippen LogP contribution in [0.2, 0.25) is 0 Å². The van der Waals surface area contributed by atoms with E-state index in [0.717, 1.165) is 11.3 Å². The van der Waals surface area contributed by atoms with Gasteiger partial charge in [0.1, 0.15) is 11.6 Å². The van der Waals surface area contributed by atoms with Crippen LogP contribution in [0.15, 0.2) is 54.6 Å². The molecule has 156 valence electrons. The first-order valence-corrected chi connectivity index (χ1v) is 9.83. The molecule has 0 saturated carbocycles. The molecule has 1 unspecified atom stereocenters. The number of rotatable bonds is 7. The first-order chi connectivity index (χ1) is 13.7. The van der Waals surface area contributed by atoms with Gasteiger partial charge in [-0.15, -0.1) is 0 Å². The molecule has 3 N–H and O–H groups in total. The van der Waals surface area contributed by atoms with Crippen LogP contribution in [0, 0.1) is 5.92 Å². The number of anilines is 2. The molecule has 0 bridgehead atoms. The molecule has 2 aromatic rings. The van der Waals surface area contributed by atoms with E-state index in [0.29, 0.717) is 12.2 Å². The minimum absolute atomic E-state index is 0.105. The molecule has 2 amide bonds. The maximum Gasteiger partial charge on any atom is 0.408 e. The third kappa shape index (κ3) is 7.49. The van der Waals surface area contributed by atoms with E-state index >= 15 is 0 Å². The van der Waals surface area contributed by atoms with E-state index in [1.807, 2.05) is 68.4 Å². The van der Waals surface area contributed by atoms with Crippen molar-refractivity contribution < 1.29 is 14.3 Å². The zero-order valence-corrected chi connectivity index (χ0v) is 17.8. The lowest BCUT2D eigenvalue weighted by Gasteiger charge is -2.25. The van der Waals surface area contributed by atoms with Gasteiger partial charge in [0.2, 0.25) is 5.91 Å². The largest absolute Gasteiger partial charge is 0.444 e. The lowest BCUT2D eigenvalue weighted by atomic mass is 10.0. The third-order valence-electron chi connectivity index (χ3n) is 4.13. The predicted molar refractivity (Wildman–Crippen MR) is 117 cm³/mol. The quantitative estimate of drug-likeness (QED) is 0.628. The van der Waals surface area contributed by atoms with Crippen LogP contribution in [-0.2, 0) is 16.1 Å². The summed E-state index contributed by atoms with van der Waals surface area (Å²) in [6.07, 6.45) is -0.609. The fraction of sp³-hybridized carbons (Fsp3) is 0.391. The summed E-state index contributed by atoms with van der Waals surface area (Å²) in [5.41, 5.74) is 1.98. The van der Waals surface area contributed by atoms with E-state index in [-0.39, 0.29) is 11.8 Å². The van der Waals surface area contributed by atoms with E-state index in [2.05, 4.69) is 16.0 Å². The number of ether oxygens (including phenoxy) is 1. The highest BCUT2D eigenvalue weighted by Crippen LogP contribution is 2.22. The van der Waals surface area contributed by atoms with Gasteiger partial charge in [0.25, 0.3) is 0 Å². The van der Waals surface area contributed by atoms with Gasteiger partial charge in [0.05, 0.1) is 11.4 Å². The second-order valence-electron chi connectivity index (χ2n) is 8.24. The fourth-order valence-corrected chi connectivity index (χ4v) is 2.72. The summed E-state index contributed by atoms with van der Waals surface area (Å²) in [6, 6.07) is 16.8. The lowest BCUT2D eigenvalue weighted by Crippen LogP contribution is -2.48. The Morgan fingerprint density at radius 1 is 0.931 bits per heavy atom. The normalized spacial score (nSPS) is 12.2. The smallest absolute Gasteiger partial charge is 0.408 e. The summed E-state index contributed by atoms with van der Waals surface area (Å²) >= 11 is 0. The fourth-order valence-electron chi connectivity index (χ4n) is 2.72. The molecule has 0 radical (unpaired) electrons. The average molecular weight is 398 g/mol. The molecule has 2 rings (SSSR count). The highest BCUT2D eigenvalue weighted by atomic mass is 16.6. The van der Waals surface area contributed by atoms with Crippen molar-refractivity contribution in [3.63, 3.8) is 0 Å². The summed E-state index contributed by atoms with van der Waals surface area (Å²) < 4.78 is 5.29. The maximum atomic E-state index is 12.9. The molecule has 1 atom stereocenters. The van der Waals surface area contributed by atoms with E-state index in [4.69, 9.17) is 4.74 Å². The number of amides is 2. The number of hydrogen-bond donors (Lipinski definition) is 3. The second kappa shape index (κ2) is 9.96. The lowest BCUT2D eigenvalue weighted by molar-refractivity contribution is -0.119. The number of carbonyl (C=O) groups excluding carboxylic acids is 2. The zero-order valence-electron chi connectivity index (χ0n) is 17.8. The Morgan fingerprint density at radius 2 is 1.52 bits per heavy atom. The van der Waals surface area contributed by atoms with E-state index in [1.165, 1.54) is 0 Å². The summed E-state index contributed by atoms with van der Waals surface area (Å²) in [5.74, 6) is -0.397. The first-order valence-electron chi connectivity index (χ1n) is 9.83. The molecular weight excluding hydrogens is 366 g/mol. The number of carbonyl (C=O) groups is 2. The van der Waals surface area contributed by atoms with E-state index in [9.17, 15) is 9.59 Å². The van der Waals surface area contributed by atoms with Crippen LogP contribution in [0.25, 0.3) is 0 Å². The van der Waals surface area contributed by atoms with Crippen LogP contribution in [0.5, 0.6) is 0 Å². The molecule has 0 aliphatic carbocycles. The van der Waals surface area contributed by atoms with Crippen molar-refractivity contribution in [1.82, 2.24) is 5.32 Å². The molecule has 0 aliphatic heterocycles. The molecule has 6 heteroatoms. The van der Waals surface area contributed by atoms with Gasteiger partial charge >= 0.3 is 6.09 Å². The Morgan fingerprint density at radius 3 is 2.10 bits per heavy atom. The van der Waals surface area contributed by atoms with E-state index < -0.39 is 17.7 Å². The van der Waals surface area contributed by atoms with Crippen molar-refractivity contribution in [3.8, 4) is 0 Å². The van der Waals surface area contributed by atoms with Crippen molar-refractivity contribution in [2.24, 2.45) is 5.92 Å². The van der Waals surface area contributed by atoms with Gasteiger partial charge in [-0.1, -0.05) is 56.3 Å². The molecule has 0 aromatic heterocycles. The van der Waals surface area contributed by atoms with Gasteiger partial charge in [0, 0.05) is 6.54 Å². The van der Waals surface area contributed by atoms with Crippen LogP contribution < -0.4 is 16.0 Å². The van der Waals surface area contributed by atoms with Gasteiger partial charge in [-0.05, 0) is 44.4 Å². The molecule has 0 spiro atoms. The molecule has 0 fully saturated rings. The van der Waals surface area contributed by atoms with Crippen molar-refractivity contribution in [1.29, 1.82) is 0 Å². The number of nitrogens with one attached hydrogen (secondary N) is 3. The molecule has 29 heavy (non-hydrogen) atoms. The highest BCUT2D eigenvalue weighted by Gasteiger charge is 2.27. The SMILES string of the molecule is CC(C)C(NC(=O)OC(C)(C)C)C(=O)Nc1ccccc1NCc1ccccc1. The van der Waals surface area contributed by atoms with Crippen molar-refractivity contribution >= 4 is 23.4 Å². The van der Waals surface area contributed by atoms with Crippen LogP contribution in [0.1, 0.15) is 40.2 Å². The monoisotopic (exact) mass is 397 g/mol. The second-order valence-corrected chi connectivity index (χ2v) is 8.24. The van der Waals surface area contributed by atoms with Crippen LogP contribution in [-0.4, -0.2) is 23.6 Å². The minimum Gasteiger partial charge on any atom is -0.444 e. The van der Waals surface area contributed by atoms with Gasteiger partial charge in [-0.3, -0.25) is 4.79 Å². The zero-order chi connectivity index (χ0) is 21.4. The van der Waals surface area contributed by atoms with Crippen LogP contribution in [0.3, 0.4) is 0 Å². The first kappa shape index (κ1) is 22.3. The predicted octanol–water partition coefficient (Wildman–Crippen LogP) is 4.79. The Kier molecular flexibility index (Phi) is 7.65. The van der Waals surface area contributed by atoms with E-state index in [1.54, 1.807) is 20.8 Å². The number of hydrogen-bond acceptors (Lipinski definition) is 4. The molecular formula is C23H31N3O3. The standard InChI is InChI=1S/C23H31N3O3/c1-16(2)20(26-22(28)29-23(3,4)5)21(27)25-19-14-10-9-13-18(19)24-15-17-11-7-6-8-12-17/h6-14,16,20,24H,15H2,1-5H3,(H,25,27)(H,26,28). The third-order valence-corrected chi connectivity index (χ3v) is 4.13. The molecule has 0 aliphatic rings. The van der Waals surface area contributed by atoms with Crippen molar-refractivity contribution in [3.05, 3.63) is 60.2 Å². The maximum absolute atomic E-state index is 12.9. The summed E-state index contributed by atoms with van der Waals surface area (Å²) in [7, 11) is 0. The van der Waals surface area contributed by atoms with Gasteiger partial charge in [0.15, 0.2) is 0 Å². The van der Waals surface area contributed by atoms with Crippen LogP contribution in [0.4, 0.5) is 16.2 Å². The Bertz CT molecular complexity index is 814. The van der Waals surface area contributed by atoms with Gasteiger partial charge < -0.3 is 20.7 Å². The Balaban J connectivity index is 2.06. The number of para-hydroxylation sites is 2. The van der Waals surface area contributed by atoms with Gasteiger partial charge in [-0.2, -0.15) is 0 Å². The summed E-state index contributed by atoms with van der Waals surface area (Å²) in [4.78, 5) is 25.0. The molecule has 6 nitrogen and oxygen atoms in total. The van der Waals surface area contributed by atoms with Crippen LogP contribution >= 0.6 is 0 Å². The summed E-state index contributed by atoms with van der Waals surface area (Å²) in [5, 5.41) is 8.95. The minimum atomic E-state index is -0.716. The summed E-state index contributed by atoms with van der Waals surface area (Å²) in [6.45, 7) is 9.74. The average Bonchev–Trinajstić information content (AvgIpc) is 2.64. The Labute approximate surface area is 173 Å². The van der Waals surface area contributed by atoms with Gasteiger partial charge in [-0.25, -0.2) is 4.79 Å². The molecule has 0 saturated heterocycles. The highest BCUT2D eigenvalue weighted by molar-refractivity contribution is 5.99. The molecule has 0 heterocycles. The topological polar surface area (TPSA) is 79.5 Å². The van der Waals surface area contributed by atoms with Crippen molar-refractivity contribution in [2.45, 2.75) is 52.8 Å². The van der Waals surface area contributed by atoms with Crippen molar-refractivity contribution in [2.75, 3.05) is 10.6 Å².